The van der Waals surface area contributed by atoms with Crippen molar-refractivity contribution < 1.29 is 19.4 Å². The number of aryl methyl sites for hydroxylation is 1. The zero-order chi connectivity index (χ0) is 17.1. The minimum Gasteiger partial charge on any atom is -0.544 e. The lowest BCUT2D eigenvalue weighted by Crippen LogP contribution is -2.23. The Kier molecular flexibility index (Phi) is 4.96. The lowest BCUT2D eigenvalue weighted by Gasteiger charge is -2.07. The van der Waals surface area contributed by atoms with Gasteiger partial charge >= 0.3 is 0 Å². The van der Waals surface area contributed by atoms with Crippen LogP contribution in [-0.4, -0.2) is 27.9 Å². The summed E-state index contributed by atoms with van der Waals surface area (Å²) in [5.74, 6) is 0.406. The van der Waals surface area contributed by atoms with Crippen LogP contribution in [0.1, 0.15) is 24.7 Å². The molecule has 1 aromatic heterocycles. The largest absolute Gasteiger partial charge is 0.544 e. The molecule has 0 spiro atoms. The van der Waals surface area contributed by atoms with Crippen molar-refractivity contribution in [1.82, 2.24) is 15.2 Å². The van der Waals surface area contributed by atoms with E-state index in [1.165, 1.54) is 6.08 Å². The smallest absolute Gasteiger partial charge is 0.231 e. The highest BCUT2D eigenvalue weighted by atomic mass is 35.5. The number of hydrogen-bond acceptors (Lipinski definition) is 7. The number of H-pyrrole nitrogens is 1. The summed E-state index contributed by atoms with van der Waals surface area (Å²) >= 11 is 7.06. The predicted molar refractivity (Wildman–Crippen MR) is 86.8 cm³/mol. The van der Waals surface area contributed by atoms with Crippen molar-refractivity contribution in [2.75, 3.05) is 6.79 Å². The Morgan fingerprint density at radius 3 is 2.92 bits per heavy atom. The summed E-state index contributed by atoms with van der Waals surface area (Å²) in [5, 5.41) is 18.9. The first-order valence-corrected chi connectivity index (χ1v) is 8.37. The van der Waals surface area contributed by atoms with Crippen molar-refractivity contribution in [3.05, 3.63) is 33.4 Å². The first-order chi connectivity index (χ1) is 11.6. The molecular formula is C15H13ClN3O4S-. The zero-order valence-corrected chi connectivity index (χ0v) is 14.2. The van der Waals surface area contributed by atoms with E-state index in [9.17, 15) is 9.90 Å². The lowest BCUT2D eigenvalue weighted by molar-refractivity contribution is -0.297. The quantitative estimate of drug-likeness (QED) is 0.616. The molecule has 2 heterocycles. The lowest BCUT2D eigenvalue weighted by atomic mass is 10.2. The van der Waals surface area contributed by atoms with Gasteiger partial charge in [0.1, 0.15) is 5.82 Å². The number of carboxylic acids is 1. The van der Waals surface area contributed by atoms with E-state index in [1.54, 1.807) is 12.1 Å². The van der Waals surface area contributed by atoms with Gasteiger partial charge in [0.2, 0.25) is 11.9 Å². The number of nitrogens with zero attached hydrogens (tertiary/aromatic N) is 2. The van der Waals surface area contributed by atoms with Crippen LogP contribution < -0.4 is 14.6 Å². The first kappa shape index (κ1) is 16.7. The van der Waals surface area contributed by atoms with E-state index in [1.807, 2.05) is 6.92 Å². The standard InChI is InChI=1S/C15H14ClN3O4S/c1-2-3-13-17-15(19-18-13)24-12(14(20)21)5-8-4-10-11(6-9(8)16)23-7-22-10/h4-6H,2-3,7H2,1H3,(H,20,21)(H,17,18,19)/p-1/b12-5-. The van der Waals surface area contributed by atoms with Crippen LogP contribution >= 0.6 is 23.4 Å². The van der Waals surface area contributed by atoms with Crippen LogP contribution in [0.2, 0.25) is 5.02 Å². The zero-order valence-electron chi connectivity index (χ0n) is 12.7. The number of ether oxygens (including phenoxy) is 2. The number of thioether (sulfide) groups is 1. The third-order valence-corrected chi connectivity index (χ3v) is 4.38. The van der Waals surface area contributed by atoms with Crippen LogP contribution in [-0.2, 0) is 11.2 Å². The number of benzene rings is 1. The van der Waals surface area contributed by atoms with Gasteiger partial charge in [0.05, 0.1) is 11.0 Å². The third-order valence-electron chi connectivity index (χ3n) is 3.18. The Morgan fingerprint density at radius 1 is 1.46 bits per heavy atom. The Balaban J connectivity index is 1.87. The number of carbonyl (C=O) groups excluding carboxylic acids is 1. The van der Waals surface area contributed by atoms with Crippen LogP contribution in [0.5, 0.6) is 11.5 Å². The Hall–Kier alpha value is -2.19. The summed E-state index contributed by atoms with van der Waals surface area (Å²) < 4.78 is 10.5. The summed E-state index contributed by atoms with van der Waals surface area (Å²) in [6.45, 7) is 2.13. The van der Waals surface area contributed by atoms with Gasteiger partial charge in [-0.05, 0) is 35.9 Å². The molecule has 9 heteroatoms. The summed E-state index contributed by atoms with van der Waals surface area (Å²) in [6.07, 6.45) is 3.06. The van der Waals surface area contributed by atoms with E-state index in [0.717, 1.165) is 24.6 Å². The minimum absolute atomic E-state index is 0.0576. The number of halogens is 1. The second-order valence-corrected chi connectivity index (χ2v) is 6.36. The molecule has 0 fully saturated rings. The van der Waals surface area contributed by atoms with E-state index in [4.69, 9.17) is 21.1 Å². The number of rotatable bonds is 6. The molecule has 1 aliphatic heterocycles. The minimum atomic E-state index is -1.34. The molecule has 2 aromatic rings. The number of carbonyl (C=O) groups is 1. The highest BCUT2D eigenvalue weighted by Crippen LogP contribution is 2.38. The predicted octanol–water partition coefficient (Wildman–Crippen LogP) is 2.02. The van der Waals surface area contributed by atoms with Gasteiger partial charge in [-0.1, -0.05) is 18.5 Å². The molecule has 7 nitrogen and oxygen atoms in total. The van der Waals surface area contributed by atoms with Gasteiger partial charge in [-0.2, -0.15) is 0 Å². The van der Waals surface area contributed by atoms with Crippen molar-refractivity contribution >= 4 is 35.4 Å². The highest BCUT2D eigenvalue weighted by Gasteiger charge is 2.17. The van der Waals surface area contributed by atoms with Crippen molar-refractivity contribution in [1.29, 1.82) is 0 Å². The molecule has 0 bridgehead atoms. The van der Waals surface area contributed by atoms with Gasteiger partial charge in [0, 0.05) is 17.4 Å². The third kappa shape index (κ3) is 3.65. The molecule has 0 saturated carbocycles. The molecule has 126 valence electrons. The van der Waals surface area contributed by atoms with Crippen molar-refractivity contribution in [3.63, 3.8) is 0 Å². The van der Waals surface area contributed by atoms with Crippen LogP contribution in [0.15, 0.2) is 22.2 Å². The number of nitrogens with one attached hydrogen (secondary N) is 1. The summed E-state index contributed by atoms with van der Waals surface area (Å²) in [6, 6.07) is 3.20. The summed E-state index contributed by atoms with van der Waals surface area (Å²) in [5.41, 5.74) is 0.483. The number of aliphatic carboxylic acids is 1. The van der Waals surface area contributed by atoms with E-state index in [0.29, 0.717) is 33.1 Å². The van der Waals surface area contributed by atoms with E-state index in [2.05, 4.69) is 15.2 Å². The SMILES string of the molecule is CCCc1nc(S/C(=C\c2cc3c(cc2Cl)OCO3)C(=O)[O-])n[nH]1. The van der Waals surface area contributed by atoms with Gasteiger partial charge < -0.3 is 19.4 Å². The number of carboxylic acid groups (broad SMARTS) is 1. The van der Waals surface area contributed by atoms with Gasteiger partial charge in [-0.25, -0.2) is 4.98 Å². The molecule has 1 aromatic carbocycles. The van der Waals surface area contributed by atoms with Crippen LogP contribution in [0, 0.1) is 0 Å². The second-order valence-electron chi connectivity index (χ2n) is 4.94. The molecule has 1 aliphatic rings. The summed E-state index contributed by atoms with van der Waals surface area (Å²) in [7, 11) is 0. The fourth-order valence-electron chi connectivity index (χ4n) is 2.09. The number of hydrogen-bond donors (Lipinski definition) is 1. The van der Waals surface area contributed by atoms with Gasteiger partial charge in [0.25, 0.3) is 0 Å². The maximum absolute atomic E-state index is 11.4. The Morgan fingerprint density at radius 2 is 2.21 bits per heavy atom. The molecule has 1 N–H and O–H groups in total. The average Bonchev–Trinajstić information content (AvgIpc) is 3.16. The first-order valence-electron chi connectivity index (χ1n) is 7.18. The van der Waals surface area contributed by atoms with E-state index < -0.39 is 5.97 Å². The normalized spacial score (nSPS) is 13.3. The van der Waals surface area contributed by atoms with Crippen LogP contribution in [0.4, 0.5) is 0 Å². The average molecular weight is 367 g/mol. The second kappa shape index (κ2) is 7.14. The fourth-order valence-corrected chi connectivity index (χ4v) is 3.01. The summed E-state index contributed by atoms with van der Waals surface area (Å²) in [4.78, 5) is 15.6. The topological polar surface area (TPSA) is 100 Å². The molecule has 0 atom stereocenters. The van der Waals surface area contributed by atoms with Gasteiger partial charge in [-0.15, -0.1) is 5.10 Å². The molecule has 0 radical (unpaired) electrons. The molecule has 0 aliphatic carbocycles. The van der Waals surface area contributed by atoms with Crippen molar-refractivity contribution in [2.45, 2.75) is 24.9 Å². The molecule has 0 amide bonds. The Labute approximate surface area is 147 Å². The van der Waals surface area contributed by atoms with Gasteiger partial charge in [0.15, 0.2) is 11.5 Å². The molecule has 24 heavy (non-hydrogen) atoms. The van der Waals surface area contributed by atoms with Crippen molar-refractivity contribution in [2.24, 2.45) is 0 Å². The maximum atomic E-state index is 11.4. The Bertz CT molecular complexity index is 806. The number of aromatic amines is 1. The molecule has 0 unspecified atom stereocenters. The number of aromatic nitrogens is 3. The fraction of sp³-hybridized carbons (Fsp3) is 0.267. The van der Waals surface area contributed by atoms with Gasteiger partial charge in [-0.3, -0.25) is 5.10 Å². The van der Waals surface area contributed by atoms with Crippen molar-refractivity contribution in [3.8, 4) is 11.5 Å². The molecule has 0 saturated heterocycles. The van der Waals surface area contributed by atoms with Crippen LogP contribution in [0.25, 0.3) is 6.08 Å². The monoisotopic (exact) mass is 366 g/mol. The molecular weight excluding hydrogens is 354 g/mol. The van der Waals surface area contributed by atoms with E-state index in [-0.39, 0.29) is 11.7 Å². The maximum Gasteiger partial charge on any atom is 0.231 e. The highest BCUT2D eigenvalue weighted by molar-refractivity contribution is 8.04. The van der Waals surface area contributed by atoms with E-state index >= 15 is 0 Å². The molecule has 3 rings (SSSR count). The van der Waals surface area contributed by atoms with Crippen LogP contribution in [0.3, 0.4) is 0 Å². The number of fused-ring (bicyclic) bond motifs is 1.